The van der Waals surface area contributed by atoms with Crippen molar-refractivity contribution in [1.29, 1.82) is 0 Å². The number of ether oxygens (including phenoxy) is 2. The van der Waals surface area contributed by atoms with Gasteiger partial charge in [-0.3, -0.25) is 19.2 Å². The summed E-state index contributed by atoms with van der Waals surface area (Å²) >= 11 is 1.27. The molecule has 166 valence electrons. The molecule has 3 atom stereocenters. The molecule has 11 heteroatoms. The van der Waals surface area contributed by atoms with E-state index in [4.69, 9.17) is 9.47 Å². The van der Waals surface area contributed by atoms with Gasteiger partial charge in [-0.05, 0) is 32.9 Å². The molecule has 0 bridgehead atoms. The van der Waals surface area contributed by atoms with Gasteiger partial charge in [-0.25, -0.2) is 4.79 Å². The molecule has 0 aliphatic carbocycles. The van der Waals surface area contributed by atoms with Crippen LogP contribution >= 0.6 is 11.8 Å². The fraction of sp³-hybridized carbons (Fsp3) is 0.450. The maximum absolute atomic E-state index is 13.2. The number of hydrogen-bond donors (Lipinski definition) is 2. The maximum atomic E-state index is 13.2. The first-order chi connectivity index (χ1) is 14.3. The van der Waals surface area contributed by atoms with Gasteiger partial charge in [0.05, 0.1) is 0 Å². The molecule has 1 aromatic rings. The summed E-state index contributed by atoms with van der Waals surface area (Å²) in [6.07, 6.45) is 0. The van der Waals surface area contributed by atoms with Crippen LogP contribution in [0.3, 0.4) is 0 Å². The second-order valence-electron chi connectivity index (χ2n) is 8.00. The number of thioether (sulfide) groups is 1. The van der Waals surface area contributed by atoms with Gasteiger partial charge in [0.25, 0.3) is 11.8 Å². The third-order valence-electron chi connectivity index (χ3n) is 5.11. The number of carboxylic acids is 1. The van der Waals surface area contributed by atoms with E-state index in [0.717, 1.165) is 13.8 Å². The molecule has 1 unspecified atom stereocenters. The van der Waals surface area contributed by atoms with E-state index in [2.05, 4.69) is 5.32 Å². The van der Waals surface area contributed by atoms with E-state index < -0.39 is 51.4 Å². The van der Waals surface area contributed by atoms with Gasteiger partial charge in [0.15, 0.2) is 0 Å². The largest absolute Gasteiger partial charge is 0.480 e. The monoisotopic (exact) mass is 450 g/mol. The van der Waals surface area contributed by atoms with Gasteiger partial charge in [-0.15, -0.1) is 11.8 Å². The highest BCUT2D eigenvalue weighted by atomic mass is 32.2. The van der Waals surface area contributed by atoms with Crippen LogP contribution in [-0.2, 0) is 19.2 Å². The summed E-state index contributed by atoms with van der Waals surface area (Å²) in [5.74, 6) is -4.14. The van der Waals surface area contributed by atoms with E-state index >= 15 is 0 Å². The number of benzene rings is 1. The normalized spacial score (nSPS) is 25.8. The number of carboxylic acid groups (broad SMARTS) is 1. The molecule has 0 saturated carbocycles. The second kappa shape index (κ2) is 7.56. The van der Waals surface area contributed by atoms with Gasteiger partial charge in [0.2, 0.25) is 0 Å². The van der Waals surface area contributed by atoms with Gasteiger partial charge in [0.1, 0.15) is 34.0 Å². The van der Waals surface area contributed by atoms with Crippen LogP contribution in [0.1, 0.15) is 45.0 Å². The molecular weight excluding hydrogens is 428 g/mol. The first-order valence-corrected chi connectivity index (χ1v) is 10.2. The van der Waals surface area contributed by atoms with Crippen molar-refractivity contribution in [3.05, 3.63) is 23.8 Å². The van der Waals surface area contributed by atoms with Crippen molar-refractivity contribution in [3.63, 3.8) is 0 Å². The molecule has 0 radical (unpaired) electrons. The van der Waals surface area contributed by atoms with Crippen LogP contribution in [0.25, 0.3) is 0 Å². The van der Waals surface area contributed by atoms with Crippen molar-refractivity contribution in [3.8, 4) is 11.5 Å². The fourth-order valence-electron chi connectivity index (χ4n) is 3.85. The van der Waals surface area contributed by atoms with Crippen LogP contribution in [0.5, 0.6) is 11.5 Å². The van der Waals surface area contributed by atoms with E-state index in [1.165, 1.54) is 41.8 Å². The minimum absolute atomic E-state index is 0.140. The number of hydrogen-bond acceptors (Lipinski definition) is 8. The number of β-lactam (4-membered cyclic amide) rings is 1. The lowest BCUT2D eigenvalue weighted by atomic mass is 9.86. The molecule has 10 nitrogen and oxygen atoms in total. The summed E-state index contributed by atoms with van der Waals surface area (Å²) in [6, 6.07) is 3.12. The summed E-state index contributed by atoms with van der Waals surface area (Å²) in [6.45, 7) is 7.25. The van der Waals surface area contributed by atoms with Crippen molar-refractivity contribution in [2.45, 2.75) is 56.3 Å². The Morgan fingerprint density at radius 1 is 1.06 bits per heavy atom. The molecule has 2 N–H and O–H groups in total. The smallest absolute Gasteiger partial charge is 0.327 e. The molecule has 2 amide bonds. The summed E-state index contributed by atoms with van der Waals surface area (Å²) < 4.78 is 9.39. The molecule has 2 fully saturated rings. The van der Waals surface area contributed by atoms with Crippen molar-refractivity contribution in [2.24, 2.45) is 0 Å². The second-order valence-corrected chi connectivity index (χ2v) is 9.73. The Balaban J connectivity index is 1.95. The molecule has 3 rings (SSSR count). The summed E-state index contributed by atoms with van der Waals surface area (Å²) in [4.78, 5) is 62.0. The Labute approximate surface area is 182 Å². The number of carbonyl (C=O) groups excluding carboxylic acids is 4. The zero-order valence-electron chi connectivity index (χ0n) is 17.5. The predicted molar refractivity (Wildman–Crippen MR) is 109 cm³/mol. The van der Waals surface area contributed by atoms with E-state index in [0.29, 0.717) is 0 Å². The molecule has 1 aromatic carbocycles. The number of nitrogens with one attached hydrogen (secondary N) is 1. The Bertz CT molecular complexity index is 973. The van der Waals surface area contributed by atoms with Crippen LogP contribution in [0.4, 0.5) is 0 Å². The molecule has 0 aromatic heterocycles. The lowest BCUT2D eigenvalue weighted by Gasteiger charge is -2.51. The zero-order valence-corrected chi connectivity index (χ0v) is 18.4. The lowest BCUT2D eigenvalue weighted by molar-refractivity contribution is -0.165. The molecule has 31 heavy (non-hydrogen) atoms. The van der Waals surface area contributed by atoms with Crippen LogP contribution in [0.2, 0.25) is 0 Å². The highest BCUT2D eigenvalue weighted by molar-refractivity contribution is 8.01. The van der Waals surface area contributed by atoms with E-state index in [1.54, 1.807) is 13.8 Å². The van der Waals surface area contributed by atoms with Gasteiger partial charge in [0, 0.05) is 18.6 Å². The quantitative estimate of drug-likeness (QED) is 0.384. The maximum Gasteiger partial charge on any atom is 0.327 e. The summed E-state index contributed by atoms with van der Waals surface area (Å²) in [7, 11) is 0. The average Bonchev–Trinajstić information content (AvgIpc) is 2.90. The number of rotatable bonds is 5. The Kier molecular flexibility index (Phi) is 5.51. The number of fused-ring (bicyclic) bond motifs is 1. The molecular formula is C20H22N2O8S. The molecule has 2 aliphatic heterocycles. The molecule has 2 heterocycles. The first-order valence-electron chi connectivity index (χ1n) is 9.35. The van der Waals surface area contributed by atoms with Crippen molar-refractivity contribution >= 4 is 41.5 Å². The highest BCUT2D eigenvalue weighted by Gasteiger charge is 2.70. The third-order valence-corrected chi connectivity index (χ3v) is 6.86. The fourth-order valence-corrected chi connectivity index (χ4v) is 5.50. The van der Waals surface area contributed by atoms with Gasteiger partial charge in [-0.1, -0.05) is 6.07 Å². The first kappa shape index (κ1) is 22.6. The van der Waals surface area contributed by atoms with Crippen molar-refractivity contribution in [1.82, 2.24) is 10.2 Å². The summed E-state index contributed by atoms with van der Waals surface area (Å²) in [5, 5.41) is 11.6. The standard InChI is InChI=1S/C20H22N2O8S/c1-9(23)29-11-7-6-8-12(30-10(2)24)13(11)15(25)21-20(5)17(28)22-14(16(26)27)19(3,4)31-18(20)22/h6-8,14,18H,1-5H3,(H,21,25)(H,26,27)/t14-,18+,20?/m0/s1. The van der Waals surface area contributed by atoms with Crippen LogP contribution in [0, 0.1) is 0 Å². The van der Waals surface area contributed by atoms with E-state index in [9.17, 15) is 29.1 Å². The predicted octanol–water partition coefficient (Wildman–Crippen LogP) is 1.17. The van der Waals surface area contributed by atoms with Gasteiger partial charge < -0.3 is 24.8 Å². The van der Waals surface area contributed by atoms with Crippen molar-refractivity contribution in [2.75, 3.05) is 0 Å². The SMILES string of the molecule is CC(=O)Oc1cccc(OC(C)=O)c1C(=O)NC1(C)C(=O)N2[C@@H](C(=O)O)C(C)(C)S[C@@H]21. The van der Waals surface area contributed by atoms with Gasteiger partial charge >= 0.3 is 17.9 Å². The topological polar surface area (TPSA) is 139 Å². The molecule has 2 aliphatic rings. The minimum Gasteiger partial charge on any atom is -0.480 e. The number of amides is 2. The van der Waals surface area contributed by atoms with Crippen LogP contribution in [0.15, 0.2) is 18.2 Å². The molecule has 0 spiro atoms. The van der Waals surface area contributed by atoms with Gasteiger partial charge in [-0.2, -0.15) is 0 Å². The number of nitrogens with zero attached hydrogens (tertiary/aromatic N) is 1. The average molecular weight is 450 g/mol. The lowest BCUT2D eigenvalue weighted by Crippen LogP contribution is -2.78. The van der Waals surface area contributed by atoms with Crippen molar-refractivity contribution < 1.29 is 38.6 Å². The number of carbonyl (C=O) groups is 5. The van der Waals surface area contributed by atoms with E-state index in [1.807, 2.05) is 0 Å². The highest BCUT2D eigenvalue weighted by Crippen LogP contribution is 2.54. The molecule has 2 saturated heterocycles. The zero-order chi connectivity index (χ0) is 23.3. The minimum atomic E-state index is -1.40. The summed E-state index contributed by atoms with van der Waals surface area (Å²) in [5.41, 5.74) is -1.63. The van der Waals surface area contributed by atoms with E-state index in [-0.39, 0.29) is 17.1 Å². The Hall–Kier alpha value is -3.08. The Morgan fingerprint density at radius 2 is 1.58 bits per heavy atom. The number of esters is 2. The Morgan fingerprint density at radius 3 is 2.03 bits per heavy atom. The van der Waals surface area contributed by atoms with Crippen LogP contribution < -0.4 is 14.8 Å². The third kappa shape index (κ3) is 3.73. The van der Waals surface area contributed by atoms with Crippen LogP contribution in [-0.4, -0.2) is 61.4 Å². The number of aliphatic carboxylic acids is 1.